The molecule has 0 saturated heterocycles. The number of benzene rings is 1. The van der Waals surface area contributed by atoms with Crippen LogP contribution in [0.4, 0.5) is 10.1 Å². The van der Waals surface area contributed by atoms with Gasteiger partial charge in [-0.1, -0.05) is 26.7 Å². The number of aryl methyl sites for hydroxylation is 1. The number of halogens is 2. The van der Waals surface area contributed by atoms with Gasteiger partial charge in [0.2, 0.25) is 0 Å². The van der Waals surface area contributed by atoms with Gasteiger partial charge in [-0.05, 0) is 53.4 Å². The molecule has 1 unspecified atom stereocenters. The Bertz CT molecular complexity index is 365. The van der Waals surface area contributed by atoms with Gasteiger partial charge in [0.1, 0.15) is 5.82 Å². The van der Waals surface area contributed by atoms with E-state index in [1.54, 1.807) is 6.07 Å². The third-order valence-electron chi connectivity index (χ3n) is 3.03. The monoisotopic (exact) mass is 301 g/mol. The van der Waals surface area contributed by atoms with Crippen LogP contribution in [0.1, 0.15) is 45.1 Å². The Morgan fingerprint density at radius 2 is 2.06 bits per heavy atom. The zero-order chi connectivity index (χ0) is 12.8. The molecule has 1 nitrogen and oxygen atoms in total. The summed E-state index contributed by atoms with van der Waals surface area (Å²) in [5, 5.41) is 3.44. The second-order valence-electron chi connectivity index (χ2n) is 4.47. The molecule has 1 atom stereocenters. The lowest BCUT2D eigenvalue weighted by molar-refractivity contribution is 0.590. The van der Waals surface area contributed by atoms with Crippen molar-refractivity contribution in [2.45, 2.75) is 52.5 Å². The first-order chi connectivity index (χ1) is 8.08. The second-order valence-corrected chi connectivity index (χ2v) is 5.33. The van der Waals surface area contributed by atoms with Crippen LogP contribution < -0.4 is 5.32 Å². The van der Waals surface area contributed by atoms with Crippen LogP contribution in [-0.4, -0.2) is 6.04 Å². The third kappa shape index (κ3) is 4.30. The van der Waals surface area contributed by atoms with Crippen molar-refractivity contribution >= 4 is 21.6 Å². The maximum atomic E-state index is 13.5. The molecular formula is C14H21BrFN. The van der Waals surface area contributed by atoms with E-state index in [1.807, 2.05) is 13.0 Å². The Kier molecular flexibility index (Phi) is 5.96. The molecule has 0 heterocycles. The second kappa shape index (κ2) is 7.00. The van der Waals surface area contributed by atoms with Gasteiger partial charge in [-0.25, -0.2) is 4.39 Å². The quantitative estimate of drug-likeness (QED) is 0.754. The Balaban J connectivity index is 2.75. The first-order valence-electron chi connectivity index (χ1n) is 6.30. The fraction of sp³-hybridized carbons (Fsp3) is 0.571. The standard InChI is InChI=1S/C14H21BrFN/c1-4-6-7-11(5-2)17-14-9-13(16)12(15)8-10(14)3/h8-9,11,17H,4-7H2,1-3H3. The van der Waals surface area contributed by atoms with Crippen molar-refractivity contribution < 1.29 is 4.39 Å². The maximum absolute atomic E-state index is 13.5. The van der Waals surface area contributed by atoms with Gasteiger partial charge in [0.25, 0.3) is 0 Å². The van der Waals surface area contributed by atoms with E-state index in [4.69, 9.17) is 0 Å². The van der Waals surface area contributed by atoms with Crippen molar-refractivity contribution in [2.75, 3.05) is 5.32 Å². The van der Waals surface area contributed by atoms with Crippen LogP contribution in [0.2, 0.25) is 0 Å². The van der Waals surface area contributed by atoms with Gasteiger partial charge in [-0.3, -0.25) is 0 Å². The maximum Gasteiger partial charge on any atom is 0.139 e. The molecule has 3 heteroatoms. The first kappa shape index (κ1) is 14.5. The summed E-state index contributed by atoms with van der Waals surface area (Å²) < 4.78 is 14.0. The number of rotatable bonds is 6. The topological polar surface area (TPSA) is 12.0 Å². The summed E-state index contributed by atoms with van der Waals surface area (Å²) in [6.07, 6.45) is 4.62. The molecule has 1 N–H and O–H groups in total. The third-order valence-corrected chi connectivity index (χ3v) is 3.63. The average molecular weight is 302 g/mol. The molecule has 0 radical (unpaired) electrons. The summed E-state index contributed by atoms with van der Waals surface area (Å²) in [5.41, 5.74) is 1.99. The minimum atomic E-state index is -0.205. The fourth-order valence-electron chi connectivity index (χ4n) is 1.85. The van der Waals surface area contributed by atoms with Crippen molar-refractivity contribution in [1.82, 2.24) is 0 Å². The van der Waals surface area contributed by atoms with Crippen LogP contribution in [-0.2, 0) is 0 Å². The van der Waals surface area contributed by atoms with Gasteiger partial charge < -0.3 is 5.32 Å². The highest BCUT2D eigenvalue weighted by molar-refractivity contribution is 9.10. The van der Waals surface area contributed by atoms with Gasteiger partial charge in [0.15, 0.2) is 0 Å². The predicted octanol–water partition coefficient (Wildman–Crippen LogP) is 5.28. The van der Waals surface area contributed by atoms with Crippen LogP contribution in [0.5, 0.6) is 0 Å². The normalized spacial score (nSPS) is 12.5. The van der Waals surface area contributed by atoms with E-state index in [2.05, 4.69) is 35.1 Å². The van der Waals surface area contributed by atoms with E-state index >= 15 is 0 Å². The van der Waals surface area contributed by atoms with Gasteiger partial charge in [0.05, 0.1) is 4.47 Å². The van der Waals surface area contributed by atoms with Crippen LogP contribution in [0.25, 0.3) is 0 Å². The minimum Gasteiger partial charge on any atom is -0.382 e. The Labute approximate surface area is 112 Å². The van der Waals surface area contributed by atoms with E-state index in [1.165, 1.54) is 12.8 Å². The van der Waals surface area contributed by atoms with Gasteiger partial charge in [-0.2, -0.15) is 0 Å². The molecule has 0 saturated carbocycles. The summed E-state index contributed by atoms with van der Waals surface area (Å²) in [6.45, 7) is 6.36. The summed E-state index contributed by atoms with van der Waals surface area (Å²) in [5.74, 6) is -0.205. The molecule has 0 aromatic heterocycles. The summed E-state index contributed by atoms with van der Waals surface area (Å²) in [6, 6.07) is 3.84. The molecular weight excluding hydrogens is 281 g/mol. The lowest BCUT2D eigenvalue weighted by atomic mass is 10.1. The Morgan fingerprint density at radius 1 is 1.35 bits per heavy atom. The summed E-state index contributed by atoms with van der Waals surface area (Å²) in [7, 11) is 0. The molecule has 0 aliphatic rings. The highest BCUT2D eigenvalue weighted by Gasteiger charge is 2.09. The van der Waals surface area contributed by atoms with Crippen molar-refractivity contribution in [3.8, 4) is 0 Å². The smallest absolute Gasteiger partial charge is 0.139 e. The molecule has 0 fully saturated rings. The molecule has 1 aromatic rings. The zero-order valence-electron chi connectivity index (χ0n) is 10.8. The molecule has 0 bridgehead atoms. The average Bonchev–Trinajstić information content (AvgIpc) is 2.30. The number of hydrogen-bond acceptors (Lipinski definition) is 1. The lowest BCUT2D eigenvalue weighted by Gasteiger charge is -2.20. The van der Waals surface area contributed by atoms with Crippen molar-refractivity contribution in [3.63, 3.8) is 0 Å². The number of hydrogen-bond donors (Lipinski definition) is 1. The van der Waals surface area contributed by atoms with E-state index in [9.17, 15) is 4.39 Å². The highest BCUT2D eigenvalue weighted by atomic mass is 79.9. The van der Waals surface area contributed by atoms with Crippen molar-refractivity contribution in [1.29, 1.82) is 0 Å². The van der Waals surface area contributed by atoms with Gasteiger partial charge in [-0.15, -0.1) is 0 Å². The van der Waals surface area contributed by atoms with E-state index in [-0.39, 0.29) is 5.82 Å². The van der Waals surface area contributed by atoms with Crippen LogP contribution >= 0.6 is 15.9 Å². The molecule has 96 valence electrons. The summed E-state index contributed by atoms with van der Waals surface area (Å²) in [4.78, 5) is 0. The van der Waals surface area contributed by atoms with Gasteiger partial charge in [0, 0.05) is 11.7 Å². The minimum absolute atomic E-state index is 0.205. The SMILES string of the molecule is CCCCC(CC)Nc1cc(F)c(Br)cc1C. The number of unbranched alkanes of at least 4 members (excludes halogenated alkanes) is 1. The Hall–Kier alpha value is -0.570. The van der Waals surface area contributed by atoms with E-state index in [0.717, 1.165) is 24.1 Å². The van der Waals surface area contributed by atoms with Crippen molar-refractivity contribution in [3.05, 3.63) is 28.0 Å². The predicted molar refractivity (Wildman–Crippen MR) is 76.1 cm³/mol. The molecule has 0 spiro atoms. The highest BCUT2D eigenvalue weighted by Crippen LogP contribution is 2.25. The molecule has 17 heavy (non-hydrogen) atoms. The number of nitrogens with one attached hydrogen (secondary N) is 1. The van der Waals surface area contributed by atoms with E-state index in [0.29, 0.717) is 10.5 Å². The molecule has 0 amide bonds. The first-order valence-corrected chi connectivity index (χ1v) is 7.10. The van der Waals surface area contributed by atoms with Crippen molar-refractivity contribution in [2.24, 2.45) is 0 Å². The molecule has 1 aromatic carbocycles. The summed E-state index contributed by atoms with van der Waals surface area (Å²) >= 11 is 3.20. The lowest BCUT2D eigenvalue weighted by Crippen LogP contribution is -2.19. The molecule has 0 aliphatic heterocycles. The number of anilines is 1. The molecule has 0 aliphatic carbocycles. The van der Waals surface area contributed by atoms with E-state index < -0.39 is 0 Å². The largest absolute Gasteiger partial charge is 0.382 e. The fourth-order valence-corrected chi connectivity index (χ4v) is 2.31. The van der Waals surface area contributed by atoms with Crippen LogP contribution in [0.3, 0.4) is 0 Å². The Morgan fingerprint density at radius 3 is 2.65 bits per heavy atom. The van der Waals surface area contributed by atoms with Gasteiger partial charge >= 0.3 is 0 Å². The molecule has 1 rings (SSSR count). The van der Waals surface area contributed by atoms with Crippen LogP contribution in [0, 0.1) is 12.7 Å². The zero-order valence-corrected chi connectivity index (χ0v) is 12.4. The van der Waals surface area contributed by atoms with Crippen LogP contribution in [0.15, 0.2) is 16.6 Å².